The van der Waals surface area contributed by atoms with E-state index in [1.165, 1.54) is 11.1 Å². The van der Waals surface area contributed by atoms with E-state index in [1.54, 1.807) is 14.2 Å². The number of carbonyl (C=O) groups excluding carboxylic acids is 3. The number of anilines is 3. The number of nitrogens with one attached hydrogen (secondary N) is 1. The standard InChI is InChI=1S/C55H62N4O10S/c1-36-25-46-39(14-16-43-29-41-9-4-6-11-48(41)58(43)54(46)61)31-50(36)67-34-37-26-38(28-45(27-37)57(18-8-13-53(60)69-56-70)19-20-65-23-24-66-22-21-63-2)35-68-52-32-40-15-17-44-30-42-10-5-7-12-49(42)59(44)55(62)47(40)33-51(52)64-3/h4-7,9-12,25-28,31-33,43-44,56,70H,8,13-24,29-30,34-35H2,1-3H3/t43-,44-/m1/s1. The number of benzene rings is 5. The van der Waals surface area contributed by atoms with Crippen LogP contribution in [0.5, 0.6) is 17.2 Å². The maximum absolute atomic E-state index is 14.2. The quantitative estimate of drug-likeness (QED) is 0.0392. The van der Waals surface area contributed by atoms with Crippen LogP contribution in [0, 0.1) is 6.92 Å². The van der Waals surface area contributed by atoms with Gasteiger partial charge in [-0.25, -0.2) is 0 Å². The topological polar surface area (TPSA) is 138 Å². The maximum atomic E-state index is 14.2. The molecule has 0 unspecified atom stereocenters. The molecule has 0 radical (unpaired) electrons. The summed E-state index contributed by atoms with van der Waals surface area (Å²) >= 11 is 3.81. The Morgan fingerprint density at radius 1 is 0.671 bits per heavy atom. The zero-order chi connectivity index (χ0) is 48.6. The summed E-state index contributed by atoms with van der Waals surface area (Å²) < 4.78 is 35.9. The Morgan fingerprint density at radius 3 is 1.86 bits per heavy atom. The van der Waals surface area contributed by atoms with E-state index in [1.807, 2.05) is 77.4 Å². The van der Waals surface area contributed by atoms with E-state index in [-0.39, 0.29) is 43.5 Å². The van der Waals surface area contributed by atoms with Crippen LogP contribution in [0.2, 0.25) is 0 Å². The van der Waals surface area contributed by atoms with Gasteiger partial charge in [0.05, 0.1) is 40.1 Å². The number of methoxy groups -OCH3 is 2. The summed E-state index contributed by atoms with van der Waals surface area (Å²) in [7, 11) is 3.23. The molecule has 9 rings (SSSR count). The van der Waals surface area contributed by atoms with Crippen LogP contribution < -0.4 is 33.8 Å². The van der Waals surface area contributed by atoms with Gasteiger partial charge in [0.2, 0.25) is 0 Å². The molecule has 14 nitrogen and oxygen atoms in total. The first-order valence-electron chi connectivity index (χ1n) is 24.3. The van der Waals surface area contributed by atoms with E-state index >= 15 is 0 Å². The van der Waals surface area contributed by atoms with E-state index in [0.29, 0.717) is 69.6 Å². The van der Waals surface area contributed by atoms with Crippen molar-refractivity contribution in [3.8, 4) is 17.2 Å². The predicted molar refractivity (Wildman–Crippen MR) is 271 cm³/mol. The number of hydrogen-bond donors (Lipinski definition) is 2. The van der Waals surface area contributed by atoms with Crippen molar-refractivity contribution in [3.63, 3.8) is 0 Å². The number of fused-ring (bicyclic) bond motifs is 8. The van der Waals surface area contributed by atoms with E-state index in [2.05, 4.69) is 52.9 Å². The number of thiol groups is 1. The number of hydrogen-bond acceptors (Lipinski definition) is 13. The van der Waals surface area contributed by atoms with Crippen LogP contribution in [0.25, 0.3) is 0 Å². The summed E-state index contributed by atoms with van der Waals surface area (Å²) in [6.07, 6.45) is 5.57. The lowest BCUT2D eigenvalue weighted by Crippen LogP contribution is -2.36. The van der Waals surface area contributed by atoms with Gasteiger partial charge in [-0.15, -0.1) is 0 Å². The van der Waals surface area contributed by atoms with Crippen molar-refractivity contribution in [2.45, 2.75) is 83.6 Å². The highest BCUT2D eigenvalue weighted by atomic mass is 32.1. The molecular formula is C55H62N4O10S. The van der Waals surface area contributed by atoms with Crippen LogP contribution in [0.3, 0.4) is 0 Å². The fourth-order valence-corrected chi connectivity index (χ4v) is 10.5. The highest BCUT2D eigenvalue weighted by molar-refractivity contribution is 7.77. The second kappa shape index (κ2) is 22.8. The Kier molecular flexibility index (Phi) is 15.9. The molecule has 5 aromatic rings. The summed E-state index contributed by atoms with van der Waals surface area (Å²) in [6.45, 7) is 5.74. The van der Waals surface area contributed by atoms with Crippen LogP contribution in [0.4, 0.5) is 17.1 Å². The maximum Gasteiger partial charge on any atom is 0.326 e. The number of carbonyl (C=O) groups is 3. The lowest BCUT2D eigenvalue weighted by Gasteiger charge is -2.26. The SMILES string of the molecule is COCCOCCOCCN(CCCC(=O)ONS)c1cc(COc2cc3c(cc2C)C(=O)N2c4ccccc4C[C@H]2CC3)cc(COc2cc3c(cc2OC)C(=O)N2c4ccccc4C[C@H]2CC3)c1. The molecule has 368 valence electrons. The Bertz CT molecular complexity index is 2700. The summed E-state index contributed by atoms with van der Waals surface area (Å²) in [4.78, 5) is 53.9. The lowest BCUT2D eigenvalue weighted by molar-refractivity contribution is -0.146. The summed E-state index contributed by atoms with van der Waals surface area (Å²) in [5.74, 6) is 1.35. The molecule has 70 heavy (non-hydrogen) atoms. The molecule has 0 aliphatic carbocycles. The van der Waals surface area contributed by atoms with Crippen molar-refractivity contribution in [1.29, 1.82) is 0 Å². The number of nitrogens with zero attached hydrogens (tertiary/aromatic N) is 3. The lowest BCUT2D eigenvalue weighted by atomic mass is 9.98. The molecule has 0 bridgehead atoms. The van der Waals surface area contributed by atoms with Gasteiger partial charge in [0, 0.05) is 66.9 Å². The van der Waals surface area contributed by atoms with Gasteiger partial charge >= 0.3 is 5.97 Å². The first kappa shape index (κ1) is 48.9. The number of ether oxygens (including phenoxy) is 6. The molecule has 1 N–H and O–H groups in total. The van der Waals surface area contributed by atoms with Crippen LogP contribution in [0.15, 0.2) is 91.0 Å². The molecule has 4 aliphatic rings. The highest BCUT2D eigenvalue weighted by Crippen LogP contribution is 2.42. The molecule has 4 heterocycles. The average molecular weight is 971 g/mol. The van der Waals surface area contributed by atoms with Crippen LogP contribution in [-0.4, -0.2) is 90.2 Å². The minimum absolute atomic E-state index is 0.0232. The Hall–Kier alpha value is -6.10. The first-order valence-corrected chi connectivity index (χ1v) is 24.7. The average Bonchev–Trinajstić information content (AvgIpc) is 3.86. The van der Waals surface area contributed by atoms with Gasteiger partial charge in [-0.05, 0) is 145 Å². The monoisotopic (exact) mass is 970 g/mol. The third-order valence-corrected chi connectivity index (χ3v) is 13.9. The van der Waals surface area contributed by atoms with Crippen LogP contribution in [0.1, 0.15) is 85.3 Å². The van der Waals surface area contributed by atoms with E-state index < -0.39 is 5.97 Å². The van der Waals surface area contributed by atoms with Gasteiger partial charge < -0.3 is 48.0 Å². The Morgan fingerprint density at radius 2 is 1.24 bits per heavy atom. The Labute approximate surface area is 415 Å². The second-order valence-electron chi connectivity index (χ2n) is 18.3. The van der Waals surface area contributed by atoms with Crippen molar-refractivity contribution in [2.24, 2.45) is 0 Å². The van der Waals surface area contributed by atoms with Crippen molar-refractivity contribution < 1.29 is 47.6 Å². The normalized spacial score (nSPS) is 16.6. The van der Waals surface area contributed by atoms with Crippen LogP contribution >= 0.6 is 12.8 Å². The fourth-order valence-electron chi connectivity index (χ4n) is 10.3. The van der Waals surface area contributed by atoms with Gasteiger partial charge in [-0.3, -0.25) is 14.4 Å². The van der Waals surface area contributed by atoms with E-state index in [0.717, 1.165) is 94.7 Å². The molecule has 2 atom stereocenters. The number of amides is 2. The molecule has 5 aromatic carbocycles. The summed E-state index contributed by atoms with van der Waals surface area (Å²) in [5, 5.41) is 0. The largest absolute Gasteiger partial charge is 0.493 e. The fraction of sp³-hybridized carbons (Fsp3) is 0.400. The second-order valence-corrected chi connectivity index (χ2v) is 18.5. The molecule has 0 spiro atoms. The van der Waals surface area contributed by atoms with Crippen molar-refractivity contribution >= 4 is 47.7 Å². The molecule has 0 saturated heterocycles. The number of rotatable bonds is 22. The first-order chi connectivity index (χ1) is 34.2. The van der Waals surface area contributed by atoms with E-state index in [9.17, 15) is 14.4 Å². The van der Waals surface area contributed by atoms with Gasteiger partial charge in [0.15, 0.2) is 11.5 Å². The Balaban J connectivity index is 0.975. The molecule has 0 aromatic heterocycles. The van der Waals surface area contributed by atoms with Gasteiger partial charge in [-0.2, -0.15) is 0 Å². The molecule has 0 fully saturated rings. The molecule has 2 amide bonds. The number of para-hydroxylation sites is 2. The molecule has 4 aliphatic heterocycles. The summed E-state index contributed by atoms with van der Waals surface area (Å²) in [5.41, 5.74) is 11.2. The summed E-state index contributed by atoms with van der Waals surface area (Å²) in [6, 6.07) is 30.7. The third kappa shape index (κ3) is 10.9. The highest BCUT2D eigenvalue weighted by Gasteiger charge is 2.39. The minimum atomic E-state index is -0.416. The third-order valence-electron chi connectivity index (χ3n) is 13.8. The van der Waals surface area contributed by atoms with Gasteiger partial charge in [0.25, 0.3) is 11.8 Å². The zero-order valence-electron chi connectivity index (χ0n) is 40.2. The molecular weight excluding hydrogens is 909 g/mol. The molecule has 0 saturated carbocycles. The van der Waals surface area contributed by atoms with Gasteiger partial charge in [-0.1, -0.05) is 54.1 Å². The number of aryl methyl sites for hydroxylation is 3. The smallest absolute Gasteiger partial charge is 0.326 e. The van der Waals surface area contributed by atoms with Crippen molar-refractivity contribution in [2.75, 3.05) is 75.0 Å². The van der Waals surface area contributed by atoms with Crippen molar-refractivity contribution in [1.82, 2.24) is 4.89 Å². The predicted octanol–water partition coefficient (Wildman–Crippen LogP) is 8.36. The van der Waals surface area contributed by atoms with Crippen LogP contribution in [-0.2, 0) is 62.7 Å². The molecule has 15 heteroatoms. The minimum Gasteiger partial charge on any atom is -0.493 e. The van der Waals surface area contributed by atoms with Crippen molar-refractivity contribution in [3.05, 3.63) is 141 Å². The van der Waals surface area contributed by atoms with E-state index in [4.69, 9.17) is 33.3 Å². The zero-order valence-corrected chi connectivity index (χ0v) is 41.1. The van der Waals surface area contributed by atoms with Gasteiger partial charge in [0.1, 0.15) is 19.0 Å².